The maximum Gasteiger partial charge on any atom is 0.430 e. The lowest BCUT2D eigenvalue weighted by molar-refractivity contribution is -0.120. The highest BCUT2D eigenvalue weighted by molar-refractivity contribution is 5.92. The van der Waals surface area contributed by atoms with Crippen LogP contribution in [0.3, 0.4) is 0 Å². The van der Waals surface area contributed by atoms with Crippen molar-refractivity contribution in [3.63, 3.8) is 0 Å². The van der Waals surface area contributed by atoms with E-state index in [0.29, 0.717) is 17.8 Å². The molecule has 3 atom stereocenters. The predicted molar refractivity (Wildman–Crippen MR) is 100 cm³/mol. The number of rotatable bonds is 7. The van der Waals surface area contributed by atoms with E-state index in [4.69, 9.17) is 0 Å². The number of nitrogens with one attached hydrogen (secondary N) is 3. The third-order valence-electron chi connectivity index (χ3n) is 4.49. The van der Waals surface area contributed by atoms with Gasteiger partial charge in [0.2, 0.25) is 5.91 Å². The van der Waals surface area contributed by atoms with E-state index in [2.05, 4.69) is 22.5 Å². The number of benzene rings is 1. The average molecular weight is 397 g/mol. The minimum absolute atomic E-state index is 0.120. The molecule has 152 valence electrons. The third kappa shape index (κ3) is 6.14. The molecule has 4 nitrogen and oxygen atoms in total. The molecule has 1 aliphatic heterocycles. The molecule has 0 aromatic heterocycles. The first-order valence-corrected chi connectivity index (χ1v) is 8.79. The first-order chi connectivity index (χ1) is 13.1. The lowest BCUT2D eigenvalue weighted by Crippen LogP contribution is -2.44. The van der Waals surface area contributed by atoms with Crippen molar-refractivity contribution in [2.24, 2.45) is 11.8 Å². The zero-order valence-electron chi connectivity index (χ0n) is 15.6. The number of anilines is 1. The van der Waals surface area contributed by atoms with Crippen LogP contribution < -0.4 is 16.0 Å². The van der Waals surface area contributed by atoms with E-state index in [1.165, 1.54) is 30.3 Å². The number of allylic oxidation sites excluding steroid dienone is 4. The van der Waals surface area contributed by atoms with Crippen LogP contribution in [0.1, 0.15) is 20.3 Å². The maximum absolute atomic E-state index is 12.9. The van der Waals surface area contributed by atoms with Crippen LogP contribution in [0.2, 0.25) is 0 Å². The van der Waals surface area contributed by atoms with E-state index < -0.39 is 23.9 Å². The lowest BCUT2D eigenvalue weighted by atomic mass is 9.91. The van der Waals surface area contributed by atoms with Crippen LogP contribution in [0.4, 0.5) is 23.2 Å². The van der Waals surface area contributed by atoms with E-state index in [1.807, 2.05) is 6.92 Å². The Morgan fingerprint density at radius 3 is 2.50 bits per heavy atom. The summed E-state index contributed by atoms with van der Waals surface area (Å²) >= 11 is 0. The lowest BCUT2D eigenvalue weighted by Gasteiger charge is -2.27. The van der Waals surface area contributed by atoms with Gasteiger partial charge in [-0.3, -0.25) is 4.79 Å². The molecule has 0 saturated carbocycles. The molecule has 0 spiro atoms. The maximum atomic E-state index is 12.9. The van der Waals surface area contributed by atoms with Crippen LogP contribution in [-0.2, 0) is 4.79 Å². The molecule has 1 aliphatic rings. The smallest absolute Gasteiger partial charge is 0.366 e. The van der Waals surface area contributed by atoms with Crippen molar-refractivity contribution in [2.75, 3.05) is 5.32 Å². The van der Waals surface area contributed by atoms with Gasteiger partial charge in [0.1, 0.15) is 17.7 Å². The van der Waals surface area contributed by atoms with Gasteiger partial charge in [0.15, 0.2) is 0 Å². The average Bonchev–Trinajstić information content (AvgIpc) is 2.62. The number of alkyl halides is 3. The summed E-state index contributed by atoms with van der Waals surface area (Å²) in [7, 11) is 0. The third-order valence-corrected chi connectivity index (χ3v) is 4.49. The Morgan fingerprint density at radius 1 is 1.25 bits per heavy atom. The number of carbonyl (C=O) groups is 1. The van der Waals surface area contributed by atoms with Crippen molar-refractivity contribution in [1.82, 2.24) is 10.6 Å². The molecule has 0 aliphatic carbocycles. The summed E-state index contributed by atoms with van der Waals surface area (Å²) in [6.07, 6.45) is -0.945. The fraction of sp³-hybridized carbons (Fsp3) is 0.350. The fourth-order valence-corrected chi connectivity index (χ4v) is 2.68. The van der Waals surface area contributed by atoms with E-state index in [1.54, 1.807) is 13.0 Å². The minimum atomic E-state index is -4.45. The summed E-state index contributed by atoms with van der Waals surface area (Å²) in [4.78, 5) is 12.4. The molecule has 0 fully saturated rings. The van der Waals surface area contributed by atoms with Crippen LogP contribution >= 0.6 is 0 Å². The Balaban J connectivity index is 1.84. The molecule has 8 heteroatoms. The summed E-state index contributed by atoms with van der Waals surface area (Å²) in [6.45, 7) is 7.46. The molecule has 0 radical (unpaired) electrons. The molecule has 2 rings (SSSR count). The SMILES string of the molecule is C=C(CC(C)C(C)C(=O)Nc1ccc(F)cc1)NC1C=CC=C(C(F)(F)F)N1. The molecule has 1 amide bonds. The largest absolute Gasteiger partial charge is 0.430 e. The van der Waals surface area contributed by atoms with E-state index in [-0.39, 0.29) is 17.7 Å². The van der Waals surface area contributed by atoms with Crippen molar-refractivity contribution in [3.8, 4) is 0 Å². The fourth-order valence-electron chi connectivity index (χ4n) is 2.68. The van der Waals surface area contributed by atoms with Gasteiger partial charge in [-0.15, -0.1) is 0 Å². The van der Waals surface area contributed by atoms with Crippen molar-refractivity contribution < 1.29 is 22.4 Å². The van der Waals surface area contributed by atoms with Gasteiger partial charge in [0.25, 0.3) is 0 Å². The summed E-state index contributed by atoms with van der Waals surface area (Å²) < 4.78 is 51.3. The van der Waals surface area contributed by atoms with E-state index >= 15 is 0 Å². The second-order valence-corrected chi connectivity index (χ2v) is 6.80. The topological polar surface area (TPSA) is 53.2 Å². The highest BCUT2D eigenvalue weighted by atomic mass is 19.4. The van der Waals surface area contributed by atoms with Gasteiger partial charge >= 0.3 is 6.18 Å². The highest BCUT2D eigenvalue weighted by Crippen LogP contribution is 2.26. The Kier molecular flexibility index (Phi) is 6.88. The number of amides is 1. The van der Waals surface area contributed by atoms with Gasteiger partial charge in [0, 0.05) is 17.3 Å². The molecule has 1 aromatic rings. The summed E-state index contributed by atoms with van der Waals surface area (Å²) in [5, 5.41) is 7.96. The van der Waals surface area contributed by atoms with E-state index in [0.717, 1.165) is 6.08 Å². The number of halogens is 4. The van der Waals surface area contributed by atoms with Gasteiger partial charge in [-0.05, 0) is 48.8 Å². The van der Waals surface area contributed by atoms with Crippen molar-refractivity contribution in [2.45, 2.75) is 32.6 Å². The van der Waals surface area contributed by atoms with Crippen LogP contribution in [-0.4, -0.2) is 18.2 Å². The van der Waals surface area contributed by atoms with Crippen LogP contribution in [0.5, 0.6) is 0 Å². The summed E-state index contributed by atoms with van der Waals surface area (Å²) in [5.41, 5.74) is 0.172. The Labute approximate surface area is 161 Å². The molecular weight excluding hydrogens is 374 g/mol. The van der Waals surface area contributed by atoms with Crippen molar-refractivity contribution in [1.29, 1.82) is 0 Å². The Bertz CT molecular complexity index is 769. The van der Waals surface area contributed by atoms with Crippen LogP contribution in [0.15, 0.2) is 60.5 Å². The van der Waals surface area contributed by atoms with Crippen LogP contribution in [0.25, 0.3) is 0 Å². The Hall–Kier alpha value is -2.77. The molecular formula is C20H23F4N3O. The Morgan fingerprint density at radius 2 is 1.89 bits per heavy atom. The molecule has 3 N–H and O–H groups in total. The van der Waals surface area contributed by atoms with Gasteiger partial charge in [-0.2, -0.15) is 13.2 Å². The summed E-state index contributed by atoms with van der Waals surface area (Å²) in [5.74, 6) is -1.13. The van der Waals surface area contributed by atoms with Gasteiger partial charge in [-0.1, -0.05) is 26.5 Å². The standard InChI is InChI=1S/C20H23F4N3O/c1-12(14(3)19(28)26-16-9-7-15(21)8-10-16)11-13(2)25-18-6-4-5-17(27-18)20(22,23)24/h4-10,12,14,18,25,27H,2,11H2,1,3H3,(H,26,28). The quantitative estimate of drug-likeness (QED) is 0.596. The summed E-state index contributed by atoms with van der Waals surface area (Å²) in [6, 6.07) is 5.45. The minimum Gasteiger partial charge on any atom is -0.366 e. The van der Waals surface area contributed by atoms with E-state index in [9.17, 15) is 22.4 Å². The van der Waals surface area contributed by atoms with Crippen molar-refractivity contribution >= 4 is 11.6 Å². The second kappa shape index (κ2) is 8.95. The van der Waals surface area contributed by atoms with Gasteiger partial charge < -0.3 is 16.0 Å². The first-order valence-electron chi connectivity index (χ1n) is 8.79. The second-order valence-electron chi connectivity index (χ2n) is 6.80. The van der Waals surface area contributed by atoms with Gasteiger partial charge in [-0.25, -0.2) is 4.39 Å². The number of carbonyl (C=O) groups excluding carboxylic acids is 1. The molecule has 28 heavy (non-hydrogen) atoms. The van der Waals surface area contributed by atoms with Crippen molar-refractivity contribution in [3.05, 3.63) is 66.3 Å². The molecule has 0 saturated heterocycles. The van der Waals surface area contributed by atoms with Gasteiger partial charge in [0.05, 0.1) is 0 Å². The number of dihydropyridines is 1. The van der Waals surface area contributed by atoms with Crippen LogP contribution in [0, 0.1) is 17.7 Å². The molecule has 3 unspecified atom stereocenters. The number of hydrogen-bond acceptors (Lipinski definition) is 3. The first kappa shape index (κ1) is 21.5. The number of hydrogen-bond donors (Lipinski definition) is 3. The highest BCUT2D eigenvalue weighted by Gasteiger charge is 2.35. The molecule has 0 bridgehead atoms. The normalized spacial score (nSPS) is 18.5. The predicted octanol–water partition coefficient (Wildman–Crippen LogP) is 4.46. The zero-order chi connectivity index (χ0) is 20.9. The molecule has 1 aromatic carbocycles. The zero-order valence-corrected chi connectivity index (χ0v) is 15.6. The monoisotopic (exact) mass is 397 g/mol. The molecule has 1 heterocycles.